The van der Waals surface area contributed by atoms with Crippen molar-refractivity contribution in [3.05, 3.63) is 12.3 Å². The lowest BCUT2D eigenvalue weighted by Crippen LogP contribution is -2.30. The Morgan fingerprint density at radius 2 is 2.35 bits per heavy atom. The normalized spacial score (nSPS) is 10.2. The van der Waals surface area contributed by atoms with Crippen LogP contribution in [-0.2, 0) is 11.3 Å². The van der Waals surface area contributed by atoms with Crippen molar-refractivity contribution in [2.24, 2.45) is 0 Å². The van der Waals surface area contributed by atoms with E-state index >= 15 is 0 Å². The fraction of sp³-hybridized carbons (Fsp3) is 0.636. The lowest BCUT2D eigenvalue weighted by molar-refractivity contribution is 0.146. The highest BCUT2D eigenvalue weighted by atomic mass is 32.1. The van der Waals surface area contributed by atoms with Gasteiger partial charge in [-0.2, -0.15) is 5.10 Å². The van der Waals surface area contributed by atoms with Gasteiger partial charge < -0.3 is 15.4 Å². The number of hydrogen-bond donors (Lipinski definition) is 2. The van der Waals surface area contributed by atoms with Crippen LogP contribution in [0.15, 0.2) is 12.3 Å². The van der Waals surface area contributed by atoms with Gasteiger partial charge in [0.25, 0.3) is 0 Å². The number of thiocarbonyl (C=S) groups is 1. The molecule has 0 aliphatic heterocycles. The average molecular weight is 256 g/mol. The zero-order chi connectivity index (χ0) is 12.5. The first kappa shape index (κ1) is 13.9. The SMILES string of the molecule is CCOCCCNC(=S)Nc1ccn(CC)n1. The van der Waals surface area contributed by atoms with Crippen LogP contribution in [0.25, 0.3) is 0 Å². The molecule has 1 aromatic rings. The fourth-order valence-corrected chi connectivity index (χ4v) is 1.49. The summed E-state index contributed by atoms with van der Waals surface area (Å²) in [7, 11) is 0. The highest BCUT2D eigenvalue weighted by Gasteiger charge is 2.00. The number of nitrogens with zero attached hydrogens (tertiary/aromatic N) is 2. The number of aryl methyl sites for hydroxylation is 1. The molecule has 0 fully saturated rings. The van der Waals surface area contributed by atoms with Crippen LogP contribution in [0.1, 0.15) is 20.3 Å². The summed E-state index contributed by atoms with van der Waals surface area (Å²) in [6.45, 7) is 7.22. The molecule has 0 radical (unpaired) electrons. The summed E-state index contributed by atoms with van der Waals surface area (Å²) in [5.41, 5.74) is 0. The molecule has 1 aromatic heterocycles. The van der Waals surface area contributed by atoms with Gasteiger partial charge in [-0.25, -0.2) is 0 Å². The molecule has 0 aliphatic rings. The molecule has 2 N–H and O–H groups in total. The lowest BCUT2D eigenvalue weighted by Gasteiger charge is -2.08. The molecule has 5 nitrogen and oxygen atoms in total. The highest BCUT2D eigenvalue weighted by Crippen LogP contribution is 2.01. The van der Waals surface area contributed by atoms with Gasteiger partial charge in [0.1, 0.15) is 0 Å². The van der Waals surface area contributed by atoms with Gasteiger partial charge in [-0.1, -0.05) is 0 Å². The summed E-state index contributed by atoms with van der Waals surface area (Å²) < 4.78 is 7.08. The third-order valence-corrected chi connectivity index (χ3v) is 2.41. The quantitative estimate of drug-likeness (QED) is 0.573. The van der Waals surface area contributed by atoms with E-state index in [4.69, 9.17) is 17.0 Å². The Balaban J connectivity index is 2.16. The van der Waals surface area contributed by atoms with Crippen molar-refractivity contribution < 1.29 is 4.74 Å². The third-order valence-electron chi connectivity index (χ3n) is 2.16. The van der Waals surface area contributed by atoms with Gasteiger partial charge in [0.05, 0.1) is 0 Å². The molecule has 0 bridgehead atoms. The Morgan fingerprint density at radius 1 is 1.53 bits per heavy atom. The maximum atomic E-state index is 5.23. The maximum Gasteiger partial charge on any atom is 0.171 e. The number of nitrogens with one attached hydrogen (secondary N) is 2. The molecule has 6 heteroatoms. The van der Waals surface area contributed by atoms with E-state index in [9.17, 15) is 0 Å². The van der Waals surface area contributed by atoms with Gasteiger partial charge >= 0.3 is 0 Å². The number of rotatable bonds is 7. The Labute approximate surface area is 108 Å². The second kappa shape index (κ2) is 8.03. The molecular weight excluding hydrogens is 236 g/mol. The van der Waals surface area contributed by atoms with Gasteiger partial charge in [-0.15, -0.1) is 0 Å². The first-order valence-corrected chi connectivity index (χ1v) is 6.33. The number of hydrogen-bond acceptors (Lipinski definition) is 3. The smallest absolute Gasteiger partial charge is 0.171 e. The van der Waals surface area contributed by atoms with E-state index in [0.717, 1.165) is 38.5 Å². The predicted molar refractivity (Wildman–Crippen MR) is 73.2 cm³/mol. The molecule has 0 saturated heterocycles. The summed E-state index contributed by atoms with van der Waals surface area (Å²) in [6, 6.07) is 1.90. The van der Waals surface area contributed by atoms with Crippen molar-refractivity contribution in [2.75, 3.05) is 25.1 Å². The number of ether oxygens (including phenoxy) is 1. The first-order chi connectivity index (χ1) is 8.26. The lowest BCUT2D eigenvalue weighted by atomic mass is 10.4. The van der Waals surface area contributed by atoms with Gasteiger partial charge in [0.2, 0.25) is 0 Å². The number of anilines is 1. The minimum Gasteiger partial charge on any atom is -0.382 e. The molecule has 0 aliphatic carbocycles. The van der Waals surface area contributed by atoms with E-state index in [-0.39, 0.29) is 0 Å². The maximum absolute atomic E-state index is 5.23. The standard InChI is InChI=1S/C11H20N4OS/c1-3-15-8-6-10(14-15)13-11(17)12-7-5-9-16-4-2/h6,8H,3-5,7,9H2,1-2H3,(H2,12,13,14,17). The molecule has 0 saturated carbocycles. The van der Waals surface area contributed by atoms with Crippen LogP contribution < -0.4 is 10.6 Å². The largest absolute Gasteiger partial charge is 0.382 e. The van der Waals surface area contributed by atoms with Crippen LogP contribution >= 0.6 is 12.2 Å². The van der Waals surface area contributed by atoms with E-state index < -0.39 is 0 Å². The topological polar surface area (TPSA) is 51.1 Å². The Hall–Kier alpha value is -1.14. The number of aromatic nitrogens is 2. The molecule has 0 unspecified atom stereocenters. The van der Waals surface area contributed by atoms with Crippen LogP contribution in [0.5, 0.6) is 0 Å². The van der Waals surface area contributed by atoms with E-state index in [2.05, 4.69) is 15.7 Å². The minimum absolute atomic E-state index is 0.600. The van der Waals surface area contributed by atoms with Crippen molar-refractivity contribution in [1.29, 1.82) is 0 Å². The van der Waals surface area contributed by atoms with Crippen LogP contribution in [0.3, 0.4) is 0 Å². The zero-order valence-corrected chi connectivity index (χ0v) is 11.2. The van der Waals surface area contributed by atoms with E-state index in [1.165, 1.54) is 0 Å². The van der Waals surface area contributed by atoms with Crippen LogP contribution in [0.2, 0.25) is 0 Å². The summed E-state index contributed by atoms with van der Waals surface area (Å²) in [5.74, 6) is 0.772. The fourth-order valence-electron chi connectivity index (χ4n) is 1.29. The molecule has 1 heterocycles. The summed E-state index contributed by atoms with van der Waals surface area (Å²) in [4.78, 5) is 0. The van der Waals surface area contributed by atoms with E-state index in [0.29, 0.717) is 5.11 Å². The summed E-state index contributed by atoms with van der Waals surface area (Å²) in [5, 5.41) is 11.0. The van der Waals surface area contributed by atoms with Crippen LogP contribution in [0, 0.1) is 0 Å². The molecule has 0 spiro atoms. The van der Waals surface area contributed by atoms with E-state index in [1.807, 2.05) is 30.8 Å². The Kier molecular flexibility index (Phi) is 6.57. The van der Waals surface area contributed by atoms with Gasteiger partial charge in [0, 0.05) is 38.6 Å². The summed E-state index contributed by atoms with van der Waals surface area (Å²) in [6.07, 6.45) is 2.86. The minimum atomic E-state index is 0.600. The average Bonchev–Trinajstić information content (AvgIpc) is 2.76. The van der Waals surface area contributed by atoms with Crippen molar-refractivity contribution in [2.45, 2.75) is 26.8 Å². The van der Waals surface area contributed by atoms with Gasteiger partial charge in [-0.3, -0.25) is 4.68 Å². The second-order valence-corrected chi connectivity index (χ2v) is 3.90. The van der Waals surface area contributed by atoms with Crippen molar-refractivity contribution in [3.63, 3.8) is 0 Å². The zero-order valence-electron chi connectivity index (χ0n) is 10.4. The second-order valence-electron chi connectivity index (χ2n) is 3.49. The molecule has 0 atom stereocenters. The highest BCUT2D eigenvalue weighted by molar-refractivity contribution is 7.80. The van der Waals surface area contributed by atoms with Crippen LogP contribution in [0.4, 0.5) is 5.82 Å². The van der Waals surface area contributed by atoms with Crippen molar-refractivity contribution >= 4 is 23.1 Å². The Morgan fingerprint density at radius 3 is 3.00 bits per heavy atom. The molecule has 1 rings (SSSR count). The molecule has 0 amide bonds. The first-order valence-electron chi connectivity index (χ1n) is 5.92. The van der Waals surface area contributed by atoms with Crippen molar-refractivity contribution in [1.82, 2.24) is 15.1 Å². The van der Waals surface area contributed by atoms with Crippen LogP contribution in [-0.4, -0.2) is 34.7 Å². The van der Waals surface area contributed by atoms with Gasteiger partial charge in [0.15, 0.2) is 10.9 Å². The molecular formula is C11H20N4OS. The van der Waals surface area contributed by atoms with Gasteiger partial charge in [-0.05, 0) is 32.5 Å². The summed E-state index contributed by atoms with van der Waals surface area (Å²) >= 11 is 5.15. The predicted octanol–water partition coefficient (Wildman–Crippen LogP) is 1.62. The third kappa shape index (κ3) is 5.65. The molecule has 96 valence electrons. The van der Waals surface area contributed by atoms with E-state index in [1.54, 1.807) is 0 Å². The monoisotopic (exact) mass is 256 g/mol. The molecule has 17 heavy (non-hydrogen) atoms. The Bertz CT molecular complexity index is 340. The van der Waals surface area contributed by atoms with Crippen molar-refractivity contribution in [3.8, 4) is 0 Å². The molecule has 0 aromatic carbocycles.